The van der Waals surface area contributed by atoms with Crippen LogP contribution in [0.5, 0.6) is 5.75 Å². The molecule has 2 atom stereocenters. The molecular weight excluding hydrogens is 455 g/mol. The number of rotatable bonds is 3. The maximum Gasteiger partial charge on any atom is 0.311 e. The van der Waals surface area contributed by atoms with E-state index in [2.05, 4.69) is 31.9 Å². The molecule has 0 amide bonds. The van der Waals surface area contributed by atoms with E-state index >= 15 is 0 Å². The summed E-state index contributed by atoms with van der Waals surface area (Å²) in [6.07, 6.45) is 7.88. The number of alkyl halides is 1. The summed E-state index contributed by atoms with van der Waals surface area (Å²) in [7, 11) is 0. The molecule has 0 aliphatic heterocycles. The molecule has 4 bridgehead atoms. The molecular formula is C19H21Br2ClO2. The molecule has 5 heteroatoms. The highest BCUT2D eigenvalue weighted by molar-refractivity contribution is 9.10. The summed E-state index contributed by atoms with van der Waals surface area (Å²) < 4.78 is 6.86. The fourth-order valence-electron chi connectivity index (χ4n) is 5.82. The van der Waals surface area contributed by atoms with Gasteiger partial charge in [-0.25, -0.2) is 0 Å². The summed E-state index contributed by atoms with van der Waals surface area (Å²) in [5, 5.41) is 0.484. The smallest absolute Gasteiger partial charge is 0.311 e. The van der Waals surface area contributed by atoms with E-state index in [9.17, 15) is 4.79 Å². The maximum atomic E-state index is 12.7. The largest absolute Gasteiger partial charge is 0.425 e. The fraction of sp³-hybridized carbons (Fsp3) is 0.632. The number of hydrogen-bond donors (Lipinski definition) is 0. The number of carbonyl (C=O) groups excluding carboxylic acids is 1. The normalized spacial score (nSPS) is 36.8. The van der Waals surface area contributed by atoms with Crippen LogP contribution in [0.25, 0.3) is 0 Å². The predicted octanol–water partition coefficient (Wildman–Crippen LogP) is 6.44. The van der Waals surface area contributed by atoms with Crippen molar-refractivity contribution in [1.82, 2.24) is 0 Å². The van der Waals surface area contributed by atoms with Crippen LogP contribution in [-0.4, -0.2) is 10.3 Å². The summed E-state index contributed by atoms with van der Waals surface area (Å²) in [6, 6.07) is 3.70. The van der Waals surface area contributed by atoms with E-state index < -0.39 is 0 Å². The lowest BCUT2D eigenvalue weighted by molar-refractivity contribution is -0.141. The molecule has 1 aromatic rings. The standard InChI is InChI=1S/C19H21Br2ClO2/c1-11-2-14(20)4-15(22)17(11)24-16(23)9-18-5-12-3-13(6-18)8-19(21,7-12)10-18/h2,4,12-13H,3,5-10H2,1H3. The molecule has 0 saturated heterocycles. The van der Waals surface area contributed by atoms with Crippen molar-refractivity contribution in [3.05, 3.63) is 27.2 Å². The first-order valence-electron chi connectivity index (χ1n) is 8.61. The van der Waals surface area contributed by atoms with Crippen molar-refractivity contribution in [2.24, 2.45) is 17.3 Å². The zero-order valence-corrected chi connectivity index (χ0v) is 17.6. The van der Waals surface area contributed by atoms with Gasteiger partial charge < -0.3 is 4.74 Å². The minimum atomic E-state index is -0.139. The second kappa shape index (κ2) is 5.99. The van der Waals surface area contributed by atoms with Gasteiger partial charge in [0, 0.05) is 8.80 Å². The first-order chi connectivity index (χ1) is 11.3. The molecule has 0 spiro atoms. The molecule has 0 radical (unpaired) electrons. The predicted molar refractivity (Wildman–Crippen MR) is 103 cm³/mol. The number of esters is 1. The molecule has 1 aromatic carbocycles. The Labute approximate surface area is 164 Å². The Hall–Kier alpha value is -0.0600. The Morgan fingerprint density at radius 3 is 2.54 bits per heavy atom. The van der Waals surface area contributed by atoms with Gasteiger partial charge in [0.2, 0.25) is 0 Å². The van der Waals surface area contributed by atoms with Crippen LogP contribution < -0.4 is 4.74 Å². The molecule has 0 aromatic heterocycles. The molecule has 130 valence electrons. The van der Waals surface area contributed by atoms with Gasteiger partial charge >= 0.3 is 5.97 Å². The number of halogens is 3. The Kier molecular flexibility index (Phi) is 4.33. The van der Waals surface area contributed by atoms with Crippen LogP contribution in [0.3, 0.4) is 0 Å². The maximum absolute atomic E-state index is 12.7. The van der Waals surface area contributed by atoms with Gasteiger partial charge in [-0.15, -0.1) is 0 Å². The number of aryl methyl sites for hydroxylation is 1. The Balaban J connectivity index is 1.51. The first-order valence-corrected chi connectivity index (χ1v) is 10.6. The van der Waals surface area contributed by atoms with Crippen LogP contribution in [0.15, 0.2) is 16.6 Å². The zero-order chi connectivity index (χ0) is 17.1. The molecule has 2 unspecified atom stereocenters. The average Bonchev–Trinajstić information content (AvgIpc) is 2.39. The molecule has 24 heavy (non-hydrogen) atoms. The van der Waals surface area contributed by atoms with Gasteiger partial charge in [0.25, 0.3) is 0 Å². The van der Waals surface area contributed by atoms with Crippen LogP contribution in [0.4, 0.5) is 0 Å². The van der Waals surface area contributed by atoms with Crippen molar-refractivity contribution in [2.45, 2.75) is 56.2 Å². The highest BCUT2D eigenvalue weighted by atomic mass is 79.9. The lowest BCUT2D eigenvalue weighted by Gasteiger charge is -2.60. The number of carbonyl (C=O) groups is 1. The number of benzene rings is 1. The summed E-state index contributed by atoms with van der Waals surface area (Å²) in [4.78, 5) is 12.7. The van der Waals surface area contributed by atoms with Gasteiger partial charge in [0.15, 0.2) is 5.75 Å². The minimum absolute atomic E-state index is 0.125. The molecule has 5 rings (SSSR count). The van der Waals surface area contributed by atoms with Gasteiger partial charge in [0.05, 0.1) is 11.4 Å². The Morgan fingerprint density at radius 2 is 1.96 bits per heavy atom. The van der Waals surface area contributed by atoms with E-state index in [0.29, 0.717) is 17.2 Å². The van der Waals surface area contributed by atoms with Crippen molar-refractivity contribution in [3.63, 3.8) is 0 Å². The SMILES string of the molecule is Cc1cc(Br)cc(Cl)c1OC(=O)CC12CC3CC(CC(Br)(C3)C1)C2. The van der Waals surface area contributed by atoms with Crippen LogP contribution in [0.1, 0.15) is 50.5 Å². The zero-order valence-electron chi connectivity index (χ0n) is 13.7. The van der Waals surface area contributed by atoms with Gasteiger partial charge in [0.1, 0.15) is 0 Å². The second-order valence-corrected chi connectivity index (χ2v) is 11.3. The minimum Gasteiger partial charge on any atom is -0.425 e. The average molecular weight is 477 g/mol. The van der Waals surface area contributed by atoms with E-state index in [4.69, 9.17) is 16.3 Å². The molecule has 0 heterocycles. The van der Waals surface area contributed by atoms with Crippen LogP contribution >= 0.6 is 43.5 Å². The molecule has 0 N–H and O–H groups in total. The molecule has 4 saturated carbocycles. The lowest BCUT2D eigenvalue weighted by Crippen LogP contribution is -2.53. The summed E-state index contributed by atoms with van der Waals surface area (Å²) >= 11 is 13.7. The van der Waals surface area contributed by atoms with Gasteiger partial charge in [-0.3, -0.25) is 4.79 Å². The number of ether oxygens (including phenoxy) is 1. The van der Waals surface area contributed by atoms with Crippen LogP contribution in [-0.2, 0) is 4.79 Å². The van der Waals surface area contributed by atoms with Crippen molar-refractivity contribution < 1.29 is 9.53 Å². The third kappa shape index (κ3) is 3.19. The quantitative estimate of drug-likeness (QED) is 0.285. The fourth-order valence-corrected chi connectivity index (χ4v) is 8.34. The van der Waals surface area contributed by atoms with E-state index in [0.717, 1.165) is 28.3 Å². The Morgan fingerprint density at radius 1 is 1.29 bits per heavy atom. The van der Waals surface area contributed by atoms with Gasteiger partial charge in [-0.1, -0.05) is 43.5 Å². The summed E-state index contributed by atoms with van der Waals surface area (Å²) in [6.45, 7) is 1.91. The van der Waals surface area contributed by atoms with Gasteiger partial charge in [-0.05, 0) is 80.4 Å². The number of hydrogen-bond acceptors (Lipinski definition) is 2. The van der Waals surface area contributed by atoms with Crippen molar-refractivity contribution in [3.8, 4) is 5.75 Å². The summed E-state index contributed by atoms with van der Waals surface area (Å²) in [5.41, 5.74) is 1.01. The van der Waals surface area contributed by atoms with Crippen molar-refractivity contribution >= 4 is 49.4 Å². The lowest BCUT2D eigenvalue weighted by atomic mass is 9.49. The molecule has 2 nitrogen and oxygen atoms in total. The topological polar surface area (TPSA) is 26.3 Å². The van der Waals surface area contributed by atoms with E-state index in [1.54, 1.807) is 6.07 Å². The highest BCUT2D eigenvalue weighted by Crippen LogP contribution is 2.65. The highest BCUT2D eigenvalue weighted by Gasteiger charge is 2.57. The monoisotopic (exact) mass is 474 g/mol. The van der Waals surface area contributed by atoms with E-state index in [1.807, 2.05) is 13.0 Å². The third-order valence-corrected chi connectivity index (χ3v) is 7.71. The molecule has 4 aliphatic rings. The van der Waals surface area contributed by atoms with E-state index in [1.165, 1.54) is 32.1 Å². The first kappa shape index (κ1) is 17.4. The van der Waals surface area contributed by atoms with E-state index in [-0.39, 0.29) is 15.7 Å². The van der Waals surface area contributed by atoms with Crippen LogP contribution in [0.2, 0.25) is 5.02 Å². The summed E-state index contributed by atoms with van der Waals surface area (Å²) in [5.74, 6) is 1.91. The third-order valence-electron chi connectivity index (χ3n) is 6.04. The Bertz CT molecular complexity index is 666. The molecule has 4 aliphatic carbocycles. The van der Waals surface area contributed by atoms with Crippen LogP contribution in [0, 0.1) is 24.2 Å². The van der Waals surface area contributed by atoms with Gasteiger partial charge in [-0.2, -0.15) is 0 Å². The second-order valence-electron chi connectivity index (χ2n) is 8.30. The van der Waals surface area contributed by atoms with Crippen molar-refractivity contribution in [1.29, 1.82) is 0 Å². The molecule has 4 fully saturated rings. The van der Waals surface area contributed by atoms with Crippen molar-refractivity contribution in [2.75, 3.05) is 0 Å².